The van der Waals surface area contributed by atoms with E-state index < -0.39 is 6.10 Å². The third kappa shape index (κ3) is 4.00. The van der Waals surface area contributed by atoms with Crippen molar-refractivity contribution in [3.05, 3.63) is 65.9 Å². The summed E-state index contributed by atoms with van der Waals surface area (Å²) in [6.45, 7) is 2.70. The van der Waals surface area contributed by atoms with Crippen LogP contribution in [0.4, 0.5) is 0 Å². The fraction of sp³-hybridized carbons (Fsp3) is 0.250. The van der Waals surface area contributed by atoms with E-state index in [-0.39, 0.29) is 5.91 Å². The Balaban J connectivity index is 1.58. The predicted octanol–water partition coefficient (Wildman–Crippen LogP) is 3.69. The lowest BCUT2D eigenvalue weighted by Crippen LogP contribution is -2.26. The minimum Gasteiger partial charge on any atom is -0.493 e. The fourth-order valence-electron chi connectivity index (χ4n) is 2.66. The molecule has 0 aliphatic heterocycles. The van der Waals surface area contributed by atoms with E-state index >= 15 is 0 Å². The summed E-state index contributed by atoms with van der Waals surface area (Å²) in [5.41, 5.74) is 1.23. The fourth-order valence-corrected chi connectivity index (χ4v) is 2.66. The van der Waals surface area contributed by atoms with Gasteiger partial charge in [0, 0.05) is 11.9 Å². The van der Waals surface area contributed by atoms with Crippen molar-refractivity contribution in [1.29, 1.82) is 0 Å². The number of nitrogens with one attached hydrogen (secondary N) is 1. The Bertz CT molecular complexity index is 823. The van der Waals surface area contributed by atoms with E-state index in [1.165, 1.54) is 0 Å². The molecule has 1 amide bonds. The number of fused-ring (bicyclic) bond motifs is 1. The van der Waals surface area contributed by atoms with Gasteiger partial charge in [-0.1, -0.05) is 30.3 Å². The van der Waals surface area contributed by atoms with Crippen LogP contribution in [0, 0.1) is 0 Å². The quantitative estimate of drug-likeness (QED) is 0.689. The van der Waals surface area contributed by atoms with Gasteiger partial charge in [0.2, 0.25) is 0 Å². The number of aliphatic hydroxyl groups is 1. The molecule has 2 N–H and O–H groups in total. The van der Waals surface area contributed by atoms with Gasteiger partial charge in [0.1, 0.15) is 23.2 Å². The van der Waals surface area contributed by atoms with Crippen molar-refractivity contribution in [1.82, 2.24) is 5.32 Å². The number of carbonyl (C=O) groups excluding carboxylic acids is 1. The Morgan fingerprint density at radius 2 is 1.96 bits per heavy atom. The normalized spacial score (nSPS) is 12.1. The van der Waals surface area contributed by atoms with Crippen LogP contribution < -0.4 is 10.1 Å². The molecular weight excluding hydrogens is 318 g/mol. The molecule has 0 fully saturated rings. The first-order chi connectivity index (χ1) is 12.2. The molecule has 0 saturated heterocycles. The summed E-state index contributed by atoms with van der Waals surface area (Å²) >= 11 is 0. The van der Waals surface area contributed by atoms with Crippen LogP contribution in [-0.2, 0) is 0 Å². The molecule has 0 aliphatic rings. The molecule has 25 heavy (non-hydrogen) atoms. The Hall–Kier alpha value is -2.79. The highest BCUT2D eigenvalue weighted by Crippen LogP contribution is 2.25. The summed E-state index contributed by atoms with van der Waals surface area (Å²) in [6.07, 6.45) is -0.405. The number of hydrogen-bond donors (Lipinski definition) is 2. The van der Waals surface area contributed by atoms with E-state index in [0.717, 1.165) is 11.0 Å². The number of para-hydroxylation sites is 2. The number of amides is 1. The minimum atomic E-state index is -0.769. The van der Waals surface area contributed by atoms with E-state index in [0.29, 0.717) is 36.6 Å². The highest BCUT2D eigenvalue weighted by Gasteiger charge is 2.15. The van der Waals surface area contributed by atoms with Gasteiger partial charge in [0.05, 0.1) is 12.2 Å². The van der Waals surface area contributed by atoms with Crippen LogP contribution in [0.5, 0.6) is 5.75 Å². The van der Waals surface area contributed by atoms with E-state index in [9.17, 15) is 9.90 Å². The highest BCUT2D eigenvalue weighted by molar-refractivity contribution is 5.96. The maximum Gasteiger partial charge on any atom is 0.255 e. The van der Waals surface area contributed by atoms with Crippen LogP contribution >= 0.6 is 0 Å². The third-order valence-corrected chi connectivity index (χ3v) is 3.91. The van der Waals surface area contributed by atoms with E-state index in [1.807, 2.05) is 43.3 Å². The molecule has 1 aromatic heterocycles. The molecule has 130 valence electrons. The van der Waals surface area contributed by atoms with Crippen LogP contribution in [0.15, 0.2) is 59.0 Å². The van der Waals surface area contributed by atoms with Gasteiger partial charge in [0.25, 0.3) is 5.91 Å². The van der Waals surface area contributed by atoms with Gasteiger partial charge >= 0.3 is 0 Å². The second-order valence-corrected chi connectivity index (χ2v) is 5.68. The maximum atomic E-state index is 12.3. The van der Waals surface area contributed by atoms with Crippen molar-refractivity contribution in [2.24, 2.45) is 0 Å². The number of carbonyl (C=O) groups is 1. The lowest BCUT2D eigenvalue weighted by Gasteiger charge is -2.11. The van der Waals surface area contributed by atoms with Gasteiger partial charge in [-0.25, -0.2) is 0 Å². The number of benzene rings is 2. The van der Waals surface area contributed by atoms with E-state index in [2.05, 4.69) is 5.32 Å². The summed E-state index contributed by atoms with van der Waals surface area (Å²) in [7, 11) is 0. The molecule has 5 nitrogen and oxygen atoms in total. The zero-order chi connectivity index (χ0) is 17.6. The first-order valence-corrected chi connectivity index (χ1v) is 8.35. The average molecular weight is 339 g/mol. The summed E-state index contributed by atoms with van der Waals surface area (Å²) in [5, 5.41) is 14.0. The average Bonchev–Trinajstić information content (AvgIpc) is 3.06. The number of aliphatic hydroxyl groups excluding tert-OH is 1. The minimum absolute atomic E-state index is 0.221. The Morgan fingerprint density at radius 3 is 2.76 bits per heavy atom. The van der Waals surface area contributed by atoms with Crippen LogP contribution in [0.3, 0.4) is 0 Å². The molecule has 5 heteroatoms. The van der Waals surface area contributed by atoms with E-state index in [1.54, 1.807) is 18.2 Å². The molecule has 1 heterocycles. The highest BCUT2D eigenvalue weighted by atomic mass is 16.5. The zero-order valence-electron chi connectivity index (χ0n) is 14.1. The van der Waals surface area contributed by atoms with Crippen molar-refractivity contribution in [3.63, 3.8) is 0 Å². The molecule has 0 radical (unpaired) electrons. The molecule has 0 aliphatic carbocycles. The monoisotopic (exact) mass is 339 g/mol. The SMILES string of the molecule is CCOc1ccccc1C(=O)NCC[C@H](O)c1cc2ccccc2o1. The molecule has 0 spiro atoms. The van der Waals surface area contributed by atoms with Crippen LogP contribution in [0.2, 0.25) is 0 Å². The van der Waals surface area contributed by atoms with Crippen molar-refractivity contribution >= 4 is 16.9 Å². The van der Waals surface area contributed by atoms with Crippen LogP contribution in [0.25, 0.3) is 11.0 Å². The lowest BCUT2D eigenvalue weighted by atomic mass is 10.1. The summed E-state index contributed by atoms with van der Waals surface area (Å²) in [4.78, 5) is 12.3. The van der Waals surface area contributed by atoms with Crippen molar-refractivity contribution in [3.8, 4) is 5.75 Å². The summed E-state index contributed by atoms with van der Waals surface area (Å²) in [6, 6.07) is 16.5. The first kappa shape index (κ1) is 17.0. The number of ether oxygens (including phenoxy) is 1. The first-order valence-electron chi connectivity index (χ1n) is 8.35. The number of rotatable bonds is 7. The molecule has 2 aromatic carbocycles. The van der Waals surface area contributed by atoms with Crippen molar-refractivity contribution in [2.75, 3.05) is 13.2 Å². The molecule has 0 unspecified atom stereocenters. The number of furan rings is 1. The van der Waals surface area contributed by atoms with Gasteiger partial charge < -0.3 is 19.6 Å². The van der Waals surface area contributed by atoms with Gasteiger partial charge in [-0.2, -0.15) is 0 Å². The molecule has 3 aromatic rings. The zero-order valence-corrected chi connectivity index (χ0v) is 14.1. The van der Waals surface area contributed by atoms with Gasteiger partial charge in [-0.15, -0.1) is 0 Å². The largest absolute Gasteiger partial charge is 0.493 e. The molecule has 0 bridgehead atoms. The summed E-state index contributed by atoms with van der Waals surface area (Å²) in [5.74, 6) is 0.839. The number of hydrogen-bond acceptors (Lipinski definition) is 4. The van der Waals surface area contributed by atoms with E-state index in [4.69, 9.17) is 9.15 Å². The Kier molecular flexibility index (Phi) is 5.36. The van der Waals surface area contributed by atoms with Gasteiger partial charge in [-0.3, -0.25) is 4.79 Å². The molecule has 3 rings (SSSR count). The second-order valence-electron chi connectivity index (χ2n) is 5.68. The second kappa shape index (κ2) is 7.85. The van der Waals surface area contributed by atoms with Crippen LogP contribution in [0.1, 0.15) is 35.6 Å². The van der Waals surface area contributed by atoms with Crippen molar-refractivity contribution < 1.29 is 19.1 Å². The van der Waals surface area contributed by atoms with Crippen molar-refractivity contribution in [2.45, 2.75) is 19.4 Å². The standard InChI is InChI=1S/C20H21NO4/c1-2-24-18-10-6-4-8-15(18)20(23)21-12-11-16(22)19-13-14-7-3-5-9-17(14)25-19/h3-10,13,16,22H,2,11-12H2,1H3,(H,21,23)/t16-/m0/s1. The summed E-state index contributed by atoms with van der Waals surface area (Å²) < 4.78 is 11.1. The third-order valence-electron chi connectivity index (χ3n) is 3.91. The Morgan fingerprint density at radius 1 is 1.20 bits per heavy atom. The van der Waals surface area contributed by atoms with Crippen LogP contribution in [-0.4, -0.2) is 24.2 Å². The molecular formula is C20H21NO4. The topological polar surface area (TPSA) is 71.7 Å². The van der Waals surface area contributed by atoms with Gasteiger partial charge in [0.15, 0.2) is 0 Å². The lowest BCUT2D eigenvalue weighted by molar-refractivity contribution is 0.0933. The molecule has 1 atom stereocenters. The smallest absolute Gasteiger partial charge is 0.255 e. The molecule has 0 saturated carbocycles. The maximum absolute atomic E-state index is 12.3. The predicted molar refractivity (Wildman–Crippen MR) is 95.7 cm³/mol. The Labute approximate surface area is 146 Å². The van der Waals surface area contributed by atoms with Gasteiger partial charge in [-0.05, 0) is 37.6 Å².